The van der Waals surface area contributed by atoms with E-state index in [0.29, 0.717) is 24.7 Å². The number of nitrogens with zero attached hydrogens (tertiary/aromatic N) is 5. The molecule has 3 heterocycles. The van der Waals surface area contributed by atoms with Crippen molar-refractivity contribution < 1.29 is 9.59 Å². The second kappa shape index (κ2) is 7.30. The van der Waals surface area contributed by atoms with Gasteiger partial charge in [-0.25, -0.2) is 0 Å². The average molecular weight is 414 g/mol. The molecule has 0 radical (unpaired) electrons. The summed E-state index contributed by atoms with van der Waals surface area (Å²) in [6.45, 7) is 7.06. The van der Waals surface area contributed by atoms with Crippen molar-refractivity contribution >= 4 is 29.2 Å². The van der Waals surface area contributed by atoms with Gasteiger partial charge in [-0.3, -0.25) is 9.59 Å². The van der Waals surface area contributed by atoms with Gasteiger partial charge in [-0.05, 0) is 50.6 Å². The number of carbonyl (C=O) groups excluding carboxylic acids is 2. The Hall–Kier alpha value is -2.67. The Labute approximate surface area is 175 Å². The number of amides is 2. The van der Waals surface area contributed by atoms with Crippen molar-refractivity contribution in [3.8, 4) is 0 Å². The minimum atomic E-state index is -0.883. The van der Waals surface area contributed by atoms with E-state index in [2.05, 4.69) is 10.2 Å². The third kappa shape index (κ3) is 3.44. The first-order valence-corrected chi connectivity index (χ1v) is 10.1. The molecule has 0 aliphatic carbocycles. The maximum Gasteiger partial charge on any atom is 0.252 e. The Morgan fingerprint density at radius 3 is 2.34 bits per heavy atom. The number of hydrogen-bond donors (Lipinski definition) is 0. The highest BCUT2D eigenvalue weighted by Gasteiger charge is 2.60. The van der Waals surface area contributed by atoms with Crippen LogP contribution in [0.25, 0.3) is 0 Å². The van der Waals surface area contributed by atoms with Crippen LogP contribution in [0.5, 0.6) is 0 Å². The van der Waals surface area contributed by atoms with Crippen LogP contribution >= 0.6 is 11.6 Å². The summed E-state index contributed by atoms with van der Waals surface area (Å²) >= 11 is 5.99. The van der Waals surface area contributed by atoms with E-state index in [1.165, 1.54) is 0 Å². The van der Waals surface area contributed by atoms with E-state index >= 15 is 0 Å². The van der Waals surface area contributed by atoms with E-state index in [-0.39, 0.29) is 24.4 Å². The van der Waals surface area contributed by atoms with Crippen LogP contribution in [-0.4, -0.2) is 63.0 Å². The third-order valence-electron chi connectivity index (χ3n) is 5.67. The normalized spacial score (nSPS) is 18.6. The Balaban J connectivity index is 1.63. The molecule has 7 nitrogen and oxygen atoms in total. The van der Waals surface area contributed by atoms with E-state index in [4.69, 9.17) is 11.6 Å². The number of anilines is 1. The first kappa shape index (κ1) is 19.6. The number of benzene rings is 1. The molecule has 4 rings (SSSR count). The Morgan fingerprint density at radius 1 is 1.07 bits per heavy atom. The number of rotatable bonds is 4. The van der Waals surface area contributed by atoms with Crippen LogP contribution in [0.2, 0.25) is 5.02 Å². The highest BCUT2D eigenvalue weighted by molar-refractivity contribution is 6.30. The standard InChI is InChI=1S/C21H24ClN5O2/c1-14(2)26-11-19(28)27(10-16-5-7-17(22)8-6-16)21(20(26)29)12-25(13-21)18-9-4-15(3)23-24-18/h4-9,14H,10-13H2,1-3H3. The molecule has 0 saturated carbocycles. The molecule has 2 amide bonds. The summed E-state index contributed by atoms with van der Waals surface area (Å²) in [4.78, 5) is 31.9. The summed E-state index contributed by atoms with van der Waals surface area (Å²) in [6, 6.07) is 11.1. The van der Waals surface area contributed by atoms with Crippen molar-refractivity contribution in [3.05, 3.63) is 52.7 Å². The van der Waals surface area contributed by atoms with Gasteiger partial charge in [-0.2, -0.15) is 5.10 Å². The van der Waals surface area contributed by atoms with E-state index < -0.39 is 5.54 Å². The number of halogens is 1. The topological polar surface area (TPSA) is 69.6 Å². The maximum absolute atomic E-state index is 13.5. The van der Waals surface area contributed by atoms with Crippen LogP contribution in [0.3, 0.4) is 0 Å². The summed E-state index contributed by atoms with van der Waals surface area (Å²) in [5, 5.41) is 8.98. The number of carbonyl (C=O) groups is 2. The molecule has 2 saturated heterocycles. The van der Waals surface area contributed by atoms with Crippen molar-refractivity contribution in [1.82, 2.24) is 20.0 Å². The van der Waals surface area contributed by atoms with Crippen molar-refractivity contribution in [2.45, 2.75) is 38.9 Å². The van der Waals surface area contributed by atoms with Crippen molar-refractivity contribution in [3.63, 3.8) is 0 Å². The fourth-order valence-electron chi connectivity index (χ4n) is 3.97. The molecule has 2 aliphatic heterocycles. The van der Waals surface area contributed by atoms with Crippen LogP contribution in [0, 0.1) is 6.92 Å². The predicted octanol–water partition coefficient (Wildman–Crippen LogP) is 2.28. The first-order valence-electron chi connectivity index (χ1n) is 9.71. The molecule has 2 aromatic rings. The van der Waals surface area contributed by atoms with Crippen molar-refractivity contribution in [1.29, 1.82) is 0 Å². The molecule has 0 bridgehead atoms. The van der Waals surface area contributed by atoms with Gasteiger partial charge < -0.3 is 14.7 Å². The number of piperazine rings is 1. The van der Waals surface area contributed by atoms with Gasteiger partial charge in [0.2, 0.25) is 5.91 Å². The molecule has 1 aromatic carbocycles. The summed E-state index contributed by atoms with van der Waals surface area (Å²) in [5.41, 5.74) is 0.899. The van der Waals surface area contributed by atoms with E-state index in [9.17, 15) is 9.59 Å². The van der Waals surface area contributed by atoms with Gasteiger partial charge in [0.15, 0.2) is 11.4 Å². The highest BCUT2D eigenvalue weighted by Crippen LogP contribution is 2.37. The molecule has 2 fully saturated rings. The lowest BCUT2D eigenvalue weighted by Crippen LogP contribution is -2.81. The number of hydrogen-bond acceptors (Lipinski definition) is 5. The van der Waals surface area contributed by atoms with Crippen LogP contribution in [0.4, 0.5) is 5.82 Å². The van der Waals surface area contributed by atoms with E-state index in [1.807, 2.05) is 49.9 Å². The SMILES string of the molecule is Cc1ccc(N2CC3(C2)C(=O)N(C(C)C)CC(=O)N3Cc2ccc(Cl)cc2)nn1. The summed E-state index contributed by atoms with van der Waals surface area (Å²) in [7, 11) is 0. The van der Waals surface area contributed by atoms with Gasteiger partial charge in [-0.15, -0.1) is 5.10 Å². The van der Waals surface area contributed by atoms with Gasteiger partial charge in [-0.1, -0.05) is 23.7 Å². The smallest absolute Gasteiger partial charge is 0.252 e. The number of aromatic nitrogens is 2. The van der Waals surface area contributed by atoms with Crippen LogP contribution in [0.15, 0.2) is 36.4 Å². The van der Waals surface area contributed by atoms with Gasteiger partial charge in [0, 0.05) is 17.6 Å². The minimum absolute atomic E-state index is 0.00242. The lowest BCUT2D eigenvalue weighted by molar-refractivity contribution is -0.170. The maximum atomic E-state index is 13.5. The average Bonchev–Trinajstić information content (AvgIpc) is 2.65. The molecule has 0 atom stereocenters. The fraction of sp³-hybridized carbons (Fsp3) is 0.429. The molecule has 29 heavy (non-hydrogen) atoms. The van der Waals surface area contributed by atoms with E-state index in [0.717, 1.165) is 17.1 Å². The fourth-order valence-corrected chi connectivity index (χ4v) is 4.09. The second-order valence-electron chi connectivity index (χ2n) is 8.05. The minimum Gasteiger partial charge on any atom is -0.349 e. The predicted molar refractivity (Wildman–Crippen MR) is 111 cm³/mol. The molecule has 152 valence electrons. The molecule has 1 aromatic heterocycles. The molecule has 2 aliphatic rings. The molecule has 8 heteroatoms. The second-order valence-corrected chi connectivity index (χ2v) is 8.49. The summed E-state index contributed by atoms with van der Waals surface area (Å²) in [6.07, 6.45) is 0. The quantitative estimate of drug-likeness (QED) is 0.769. The van der Waals surface area contributed by atoms with Crippen LogP contribution in [0.1, 0.15) is 25.1 Å². The zero-order valence-electron chi connectivity index (χ0n) is 16.8. The van der Waals surface area contributed by atoms with Crippen LogP contribution < -0.4 is 4.90 Å². The van der Waals surface area contributed by atoms with Crippen LogP contribution in [-0.2, 0) is 16.1 Å². The monoisotopic (exact) mass is 413 g/mol. The largest absolute Gasteiger partial charge is 0.349 e. The van der Waals surface area contributed by atoms with E-state index in [1.54, 1.807) is 21.9 Å². The molecular formula is C21H24ClN5O2. The lowest BCUT2D eigenvalue weighted by atomic mass is 9.82. The van der Waals surface area contributed by atoms with Gasteiger partial charge >= 0.3 is 0 Å². The summed E-state index contributed by atoms with van der Waals surface area (Å²) in [5.74, 6) is 0.676. The molecule has 1 spiro atoms. The molecule has 0 N–H and O–H groups in total. The zero-order chi connectivity index (χ0) is 20.8. The van der Waals surface area contributed by atoms with Gasteiger partial charge in [0.05, 0.1) is 18.8 Å². The van der Waals surface area contributed by atoms with Gasteiger partial charge in [0.1, 0.15) is 6.54 Å². The third-order valence-corrected chi connectivity index (χ3v) is 5.92. The van der Waals surface area contributed by atoms with Gasteiger partial charge in [0.25, 0.3) is 5.91 Å². The molecule has 0 unspecified atom stereocenters. The Kier molecular flexibility index (Phi) is 4.94. The van der Waals surface area contributed by atoms with Crippen molar-refractivity contribution in [2.75, 3.05) is 24.5 Å². The lowest BCUT2D eigenvalue weighted by Gasteiger charge is -2.58. The van der Waals surface area contributed by atoms with Crippen molar-refractivity contribution in [2.24, 2.45) is 0 Å². The highest BCUT2D eigenvalue weighted by atomic mass is 35.5. The molecular weight excluding hydrogens is 390 g/mol. The first-order chi connectivity index (χ1) is 13.8. The number of aryl methyl sites for hydroxylation is 1. The Bertz CT molecular complexity index is 923. The Morgan fingerprint density at radius 2 is 1.76 bits per heavy atom. The summed E-state index contributed by atoms with van der Waals surface area (Å²) < 4.78 is 0. The zero-order valence-corrected chi connectivity index (χ0v) is 17.6.